The maximum atomic E-state index is 11.7. The second-order valence-corrected chi connectivity index (χ2v) is 8.16. The molecule has 1 unspecified atom stereocenters. The number of pyridine rings is 1. The minimum atomic E-state index is -0.0627. The molecule has 4 aromatic rings. The summed E-state index contributed by atoms with van der Waals surface area (Å²) < 4.78 is 9.11. The normalized spacial score (nSPS) is 16.2. The number of aromatic nitrogens is 5. The van der Waals surface area contributed by atoms with E-state index in [1.54, 1.807) is 19.3 Å². The van der Waals surface area contributed by atoms with E-state index in [9.17, 15) is 4.79 Å². The summed E-state index contributed by atoms with van der Waals surface area (Å²) in [6.45, 7) is 0.850. The number of halogens is 1. The van der Waals surface area contributed by atoms with Crippen molar-refractivity contribution in [3.05, 3.63) is 69.7 Å². The van der Waals surface area contributed by atoms with E-state index in [-0.39, 0.29) is 11.6 Å². The molecule has 0 N–H and O–H groups in total. The molecule has 4 heterocycles. The van der Waals surface area contributed by atoms with Crippen LogP contribution >= 0.6 is 11.6 Å². The van der Waals surface area contributed by atoms with Crippen molar-refractivity contribution < 1.29 is 4.52 Å². The van der Waals surface area contributed by atoms with Gasteiger partial charge in [0.25, 0.3) is 0 Å². The first-order chi connectivity index (χ1) is 15.0. The van der Waals surface area contributed by atoms with Crippen molar-refractivity contribution in [2.75, 3.05) is 11.4 Å². The second-order valence-electron chi connectivity index (χ2n) is 7.73. The van der Waals surface area contributed by atoms with E-state index in [1.807, 2.05) is 41.9 Å². The SMILES string of the molecule is Cn1c(-c2ccc(=O)n(C)c2)nnc1N1CCCC1c1cc(-c2cccc(Cl)c2)on1. The summed E-state index contributed by atoms with van der Waals surface area (Å²) in [7, 11) is 3.66. The summed E-state index contributed by atoms with van der Waals surface area (Å²) in [5, 5.41) is 13.8. The van der Waals surface area contributed by atoms with Crippen molar-refractivity contribution in [2.24, 2.45) is 14.1 Å². The first kappa shape index (κ1) is 19.6. The lowest BCUT2D eigenvalue weighted by molar-refractivity contribution is 0.416. The van der Waals surface area contributed by atoms with E-state index in [2.05, 4.69) is 20.3 Å². The van der Waals surface area contributed by atoms with Crippen LogP contribution in [0.4, 0.5) is 5.95 Å². The highest BCUT2D eigenvalue weighted by atomic mass is 35.5. The zero-order valence-corrected chi connectivity index (χ0v) is 18.0. The number of nitrogens with zero attached hydrogens (tertiary/aromatic N) is 6. The first-order valence-electron chi connectivity index (χ1n) is 10.1. The molecule has 31 heavy (non-hydrogen) atoms. The molecule has 1 aliphatic heterocycles. The summed E-state index contributed by atoms with van der Waals surface area (Å²) in [5.74, 6) is 2.16. The summed E-state index contributed by atoms with van der Waals surface area (Å²) >= 11 is 6.11. The van der Waals surface area contributed by atoms with Crippen molar-refractivity contribution in [3.8, 4) is 22.7 Å². The minimum absolute atomic E-state index is 0.0487. The molecule has 0 amide bonds. The number of rotatable bonds is 4. The highest BCUT2D eigenvalue weighted by Crippen LogP contribution is 2.37. The quantitative estimate of drug-likeness (QED) is 0.483. The monoisotopic (exact) mass is 436 g/mol. The van der Waals surface area contributed by atoms with Gasteiger partial charge in [-0.25, -0.2) is 0 Å². The molecule has 0 saturated carbocycles. The molecule has 1 aromatic carbocycles. The molecule has 0 aliphatic carbocycles. The number of hydrogen-bond donors (Lipinski definition) is 0. The summed E-state index contributed by atoms with van der Waals surface area (Å²) in [6, 6.07) is 12.9. The predicted molar refractivity (Wildman–Crippen MR) is 118 cm³/mol. The summed E-state index contributed by atoms with van der Waals surface area (Å²) in [4.78, 5) is 13.9. The van der Waals surface area contributed by atoms with Gasteiger partial charge in [-0.2, -0.15) is 0 Å². The van der Waals surface area contributed by atoms with Crippen LogP contribution in [-0.4, -0.2) is 31.0 Å². The van der Waals surface area contributed by atoms with Gasteiger partial charge in [0.05, 0.1) is 6.04 Å². The van der Waals surface area contributed by atoms with E-state index < -0.39 is 0 Å². The lowest BCUT2D eigenvalue weighted by atomic mass is 10.1. The van der Waals surface area contributed by atoms with Crippen LogP contribution < -0.4 is 10.5 Å². The van der Waals surface area contributed by atoms with Crippen LogP contribution in [0.25, 0.3) is 22.7 Å². The van der Waals surface area contributed by atoms with Crippen molar-refractivity contribution in [3.63, 3.8) is 0 Å². The highest BCUT2D eigenvalue weighted by molar-refractivity contribution is 6.30. The number of hydrogen-bond acceptors (Lipinski definition) is 6. The first-order valence-corrected chi connectivity index (χ1v) is 10.4. The minimum Gasteiger partial charge on any atom is -0.356 e. The zero-order chi connectivity index (χ0) is 21.5. The fourth-order valence-corrected chi connectivity index (χ4v) is 4.28. The average Bonchev–Trinajstić information content (AvgIpc) is 3.49. The van der Waals surface area contributed by atoms with Gasteiger partial charge in [0.15, 0.2) is 11.6 Å². The van der Waals surface area contributed by atoms with Gasteiger partial charge >= 0.3 is 0 Å². The molecule has 158 valence electrons. The maximum absolute atomic E-state index is 11.7. The molecule has 1 aliphatic rings. The predicted octanol–water partition coefficient (Wildman–Crippen LogP) is 3.83. The zero-order valence-electron chi connectivity index (χ0n) is 17.2. The molecule has 0 radical (unpaired) electrons. The van der Waals surface area contributed by atoms with Crippen molar-refractivity contribution >= 4 is 17.5 Å². The second kappa shape index (κ2) is 7.70. The van der Waals surface area contributed by atoms with Crippen molar-refractivity contribution in [1.82, 2.24) is 24.5 Å². The third kappa shape index (κ3) is 3.53. The molecule has 9 heteroatoms. The van der Waals surface area contributed by atoms with Crippen LogP contribution in [0.15, 0.2) is 58.0 Å². The van der Waals surface area contributed by atoms with Gasteiger partial charge in [0.1, 0.15) is 5.69 Å². The number of anilines is 1. The Morgan fingerprint density at radius 2 is 1.97 bits per heavy atom. The van der Waals surface area contributed by atoms with Gasteiger partial charge in [-0.1, -0.05) is 28.9 Å². The Morgan fingerprint density at radius 1 is 1.10 bits per heavy atom. The lowest BCUT2D eigenvalue weighted by Crippen LogP contribution is -2.25. The van der Waals surface area contributed by atoms with Gasteiger partial charge in [-0.05, 0) is 31.0 Å². The van der Waals surface area contributed by atoms with E-state index in [0.29, 0.717) is 16.6 Å². The van der Waals surface area contributed by atoms with Crippen molar-refractivity contribution in [1.29, 1.82) is 0 Å². The largest absolute Gasteiger partial charge is 0.356 e. The smallest absolute Gasteiger partial charge is 0.250 e. The Morgan fingerprint density at radius 3 is 2.77 bits per heavy atom. The molecule has 8 nitrogen and oxygen atoms in total. The Kier molecular flexibility index (Phi) is 4.86. The van der Waals surface area contributed by atoms with E-state index in [0.717, 1.165) is 42.2 Å². The van der Waals surface area contributed by atoms with Crippen LogP contribution in [0.5, 0.6) is 0 Å². The molecular weight excluding hydrogens is 416 g/mol. The van der Waals surface area contributed by atoms with Crippen molar-refractivity contribution in [2.45, 2.75) is 18.9 Å². The Labute approximate surface area is 183 Å². The van der Waals surface area contributed by atoms with E-state index >= 15 is 0 Å². The van der Waals surface area contributed by atoms with Gasteiger partial charge in [-0.3, -0.25) is 9.36 Å². The number of aryl methyl sites for hydroxylation is 1. The van der Waals surface area contributed by atoms with Crippen LogP contribution in [0.2, 0.25) is 5.02 Å². The van der Waals surface area contributed by atoms with Gasteiger partial charge in [0, 0.05) is 55.1 Å². The Bertz CT molecular complexity index is 1310. The third-order valence-electron chi connectivity index (χ3n) is 5.68. The molecule has 0 spiro atoms. The van der Waals surface area contributed by atoms with Gasteiger partial charge in [0.2, 0.25) is 11.5 Å². The highest BCUT2D eigenvalue weighted by Gasteiger charge is 2.32. The lowest BCUT2D eigenvalue weighted by Gasteiger charge is -2.23. The summed E-state index contributed by atoms with van der Waals surface area (Å²) in [5.41, 5.74) is 2.53. The molecule has 1 atom stereocenters. The van der Waals surface area contributed by atoms with Crippen LogP contribution in [0, 0.1) is 0 Å². The third-order valence-corrected chi connectivity index (χ3v) is 5.92. The fourth-order valence-electron chi connectivity index (χ4n) is 4.09. The average molecular weight is 437 g/mol. The molecule has 1 saturated heterocycles. The fraction of sp³-hybridized carbons (Fsp3) is 0.273. The van der Waals surface area contributed by atoms with Crippen LogP contribution in [0.1, 0.15) is 24.6 Å². The van der Waals surface area contributed by atoms with Gasteiger partial charge < -0.3 is 14.0 Å². The Balaban J connectivity index is 1.46. The Hall–Kier alpha value is -3.39. The van der Waals surface area contributed by atoms with Crippen LogP contribution in [0.3, 0.4) is 0 Å². The molecule has 0 bridgehead atoms. The van der Waals surface area contributed by atoms with Crippen LogP contribution in [-0.2, 0) is 14.1 Å². The number of benzene rings is 1. The maximum Gasteiger partial charge on any atom is 0.250 e. The van der Waals surface area contributed by atoms with E-state index in [1.165, 1.54) is 10.6 Å². The molecular formula is C22H21ClN6O2. The standard InChI is InChI=1S/C22H21ClN6O2/c1-27-13-15(8-9-20(27)30)21-24-25-22(28(21)2)29-10-4-7-18(29)17-12-19(31-26-17)14-5-3-6-16(23)11-14/h3,5-6,8-9,11-13,18H,4,7,10H2,1-2H3. The van der Waals surface area contributed by atoms with E-state index in [4.69, 9.17) is 16.1 Å². The molecule has 1 fully saturated rings. The summed E-state index contributed by atoms with van der Waals surface area (Å²) in [6.07, 6.45) is 3.74. The topological polar surface area (TPSA) is 82.0 Å². The molecule has 3 aromatic heterocycles. The molecule has 5 rings (SSSR count). The van der Waals surface area contributed by atoms with Gasteiger partial charge in [-0.15, -0.1) is 10.2 Å².